The number of carbonyl (C=O) groups is 2. The van der Waals surface area contributed by atoms with Crippen LogP contribution in [0.4, 0.5) is 0 Å². The number of aryl methyl sites for hydroxylation is 1. The minimum Gasteiger partial charge on any atom is -0.454 e. The summed E-state index contributed by atoms with van der Waals surface area (Å²) in [5, 5.41) is 0. The summed E-state index contributed by atoms with van der Waals surface area (Å²) in [4.78, 5) is 24.5. The second-order valence-electron chi connectivity index (χ2n) is 6.94. The van der Waals surface area contributed by atoms with Gasteiger partial charge in [0.05, 0.1) is 12.6 Å². The van der Waals surface area contributed by atoms with E-state index in [2.05, 4.69) is 4.57 Å². The Balaban J connectivity index is 1.59. The fourth-order valence-electron chi connectivity index (χ4n) is 3.50. The highest BCUT2D eigenvalue weighted by molar-refractivity contribution is 6.00. The molecule has 1 aliphatic heterocycles. The predicted molar refractivity (Wildman–Crippen MR) is 107 cm³/mol. The van der Waals surface area contributed by atoms with Crippen LogP contribution in [0.3, 0.4) is 0 Å². The number of aromatic nitrogens is 1. The molecule has 29 heavy (non-hydrogen) atoms. The third-order valence-electron chi connectivity index (χ3n) is 4.79. The molecule has 0 aliphatic carbocycles. The molecule has 154 valence electrons. The standard InChI is InChI=1S/C22H25NO6/c1-14-9-18(16(3)23(14)15(2)11-26-4)19(24)12-27-22(25)8-6-17-5-7-20-21(10-17)29-13-28-20/h5-10,15H,11-13H2,1-4H3. The summed E-state index contributed by atoms with van der Waals surface area (Å²) in [6, 6.07) is 7.28. The van der Waals surface area contributed by atoms with Gasteiger partial charge in [-0.15, -0.1) is 0 Å². The zero-order valence-corrected chi connectivity index (χ0v) is 17.1. The Bertz CT molecular complexity index is 943. The van der Waals surface area contributed by atoms with Crippen molar-refractivity contribution in [3.05, 3.63) is 52.9 Å². The van der Waals surface area contributed by atoms with Gasteiger partial charge in [-0.1, -0.05) is 6.07 Å². The van der Waals surface area contributed by atoms with Crippen LogP contribution in [0.1, 0.15) is 40.3 Å². The molecule has 0 N–H and O–H groups in total. The highest BCUT2D eigenvalue weighted by Crippen LogP contribution is 2.32. The molecule has 0 bridgehead atoms. The highest BCUT2D eigenvalue weighted by Gasteiger charge is 2.19. The predicted octanol–water partition coefficient (Wildman–Crippen LogP) is 3.48. The summed E-state index contributed by atoms with van der Waals surface area (Å²) in [7, 11) is 1.65. The minimum atomic E-state index is -0.586. The van der Waals surface area contributed by atoms with Gasteiger partial charge in [-0.2, -0.15) is 0 Å². The molecule has 1 atom stereocenters. The largest absolute Gasteiger partial charge is 0.454 e. The van der Waals surface area contributed by atoms with Crippen molar-refractivity contribution in [2.45, 2.75) is 26.8 Å². The fraction of sp³-hybridized carbons (Fsp3) is 0.364. The average molecular weight is 399 g/mol. The van der Waals surface area contributed by atoms with Gasteiger partial charge >= 0.3 is 5.97 Å². The van der Waals surface area contributed by atoms with Crippen LogP contribution in [-0.2, 0) is 14.3 Å². The topological polar surface area (TPSA) is 76.0 Å². The third kappa shape index (κ3) is 4.68. The van der Waals surface area contributed by atoms with Gasteiger partial charge < -0.3 is 23.5 Å². The molecule has 1 aliphatic rings. The van der Waals surface area contributed by atoms with Gasteiger partial charge in [0.15, 0.2) is 18.1 Å². The second kappa shape index (κ2) is 8.96. The Hall–Kier alpha value is -3.06. The van der Waals surface area contributed by atoms with Crippen LogP contribution in [0.2, 0.25) is 0 Å². The molecular weight excluding hydrogens is 374 g/mol. The summed E-state index contributed by atoms with van der Waals surface area (Å²) in [6.07, 6.45) is 2.89. The molecule has 3 rings (SSSR count). The molecule has 7 heteroatoms. The summed E-state index contributed by atoms with van der Waals surface area (Å²) in [5.74, 6) is 0.484. The van der Waals surface area contributed by atoms with E-state index in [0.717, 1.165) is 17.0 Å². The first-order valence-corrected chi connectivity index (χ1v) is 9.35. The number of Topliss-reactive ketones (excluding diaryl/α,β-unsaturated/α-hetero) is 1. The van der Waals surface area contributed by atoms with Gasteiger partial charge in [0.25, 0.3) is 0 Å². The van der Waals surface area contributed by atoms with Crippen molar-refractivity contribution in [2.24, 2.45) is 0 Å². The molecule has 2 heterocycles. The molecule has 1 aromatic carbocycles. The van der Waals surface area contributed by atoms with Crippen LogP contribution in [0.25, 0.3) is 6.08 Å². The van der Waals surface area contributed by atoms with Crippen molar-refractivity contribution in [1.29, 1.82) is 0 Å². The van der Waals surface area contributed by atoms with Gasteiger partial charge in [0, 0.05) is 30.1 Å². The SMILES string of the molecule is COCC(C)n1c(C)cc(C(=O)COC(=O)C=Cc2ccc3c(c2)OCO3)c1C. The van der Waals surface area contributed by atoms with Crippen molar-refractivity contribution in [1.82, 2.24) is 4.57 Å². The fourth-order valence-corrected chi connectivity index (χ4v) is 3.50. The smallest absolute Gasteiger partial charge is 0.331 e. The van der Waals surface area contributed by atoms with Crippen LogP contribution >= 0.6 is 0 Å². The molecule has 0 amide bonds. The van der Waals surface area contributed by atoms with Gasteiger partial charge in [0.2, 0.25) is 12.6 Å². The molecule has 0 saturated heterocycles. The Morgan fingerprint density at radius 2 is 1.97 bits per heavy atom. The number of ether oxygens (including phenoxy) is 4. The van der Waals surface area contributed by atoms with Crippen molar-refractivity contribution >= 4 is 17.8 Å². The molecule has 1 aromatic heterocycles. The van der Waals surface area contributed by atoms with Crippen LogP contribution < -0.4 is 9.47 Å². The van der Waals surface area contributed by atoms with Crippen molar-refractivity contribution < 1.29 is 28.5 Å². The van der Waals surface area contributed by atoms with E-state index in [1.807, 2.05) is 26.8 Å². The quantitative estimate of drug-likeness (QED) is 0.384. The number of hydrogen-bond donors (Lipinski definition) is 0. The lowest BCUT2D eigenvalue weighted by Gasteiger charge is -2.17. The van der Waals surface area contributed by atoms with E-state index >= 15 is 0 Å². The Kier molecular flexibility index (Phi) is 6.39. The Labute approximate surface area is 169 Å². The number of methoxy groups -OCH3 is 1. The lowest BCUT2D eigenvalue weighted by molar-refractivity contribution is -0.136. The zero-order valence-electron chi connectivity index (χ0n) is 17.1. The maximum Gasteiger partial charge on any atom is 0.331 e. The van der Waals surface area contributed by atoms with E-state index in [1.165, 1.54) is 6.08 Å². The normalized spacial score (nSPS) is 13.7. The Morgan fingerprint density at radius 1 is 1.21 bits per heavy atom. The van der Waals surface area contributed by atoms with E-state index < -0.39 is 5.97 Å². The van der Waals surface area contributed by atoms with Crippen molar-refractivity contribution in [2.75, 3.05) is 27.1 Å². The maximum atomic E-state index is 12.5. The molecule has 1 unspecified atom stereocenters. The van der Waals surface area contributed by atoms with Gasteiger partial charge in [-0.25, -0.2) is 4.79 Å². The van der Waals surface area contributed by atoms with E-state index in [-0.39, 0.29) is 25.2 Å². The first-order chi connectivity index (χ1) is 13.9. The number of benzene rings is 1. The van der Waals surface area contributed by atoms with E-state index in [9.17, 15) is 9.59 Å². The lowest BCUT2D eigenvalue weighted by Crippen LogP contribution is -2.16. The van der Waals surface area contributed by atoms with Crippen LogP contribution in [-0.4, -0.2) is 43.4 Å². The minimum absolute atomic E-state index is 0.105. The average Bonchev–Trinajstić information content (AvgIpc) is 3.28. The first-order valence-electron chi connectivity index (χ1n) is 9.35. The van der Waals surface area contributed by atoms with E-state index in [4.69, 9.17) is 18.9 Å². The van der Waals surface area contributed by atoms with Gasteiger partial charge in [-0.05, 0) is 50.6 Å². The van der Waals surface area contributed by atoms with Gasteiger partial charge in [0.1, 0.15) is 0 Å². The number of esters is 1. The number of ketones is 1. The van der Waals surface area contributed by atoms with E-state index in [1.54, 1.807) is 31.4 Å². The zero-order chi connectivity index (χ0) is 21.0. The molecule has 0 radical (unpaired) electrons. The second-order valence-corrected chi connectivity index (χ2v) is 6.94. The number of nitrogens with zero attached hydrogens (tertiary/aromatic N) is 1. The number of hydrogen-bond acceptors (Lipinski definition) is 6. The number of carbonyl (C=O) groups excluding carboxylic acids is 2. The monoisotopic (exact) mass is 399 g/mol. The van der Waals surface area contributed by atoms with Gasteiger partial charge in [-0.3, -0.25) is 4.79 Å². The molecule has 0 spiro atoms. The van der Waals surface area contributed by atoms with Crippen LogP contribution in [0, 0.1) is 13.8 Å². The van der Waals surface area contributed by atoms with E-state index in [0.29, 0.717) is 23.7 Å². The molecule has 2 aromatic rings. The van der Waals surface area contributed by atoms with Crippen LogP contribution in [0.15, 0.2) is 30.3 Å². The number of rotatable bonds is 8. The van der Waals surface area contributed by atoms with Crippen molar-refractivity contribution in [3.8, 4) is 11.5 Å². The maximum absolute atomic E-state index is 12.5. The number of fused-ring (bicyclic) bond motifs is 1. The lowest BCUT2D eigenvalue weighted by atomic mass is 10.1. The molecule has 0 fully saturated rings. The molecule has 0 saturated carbocycles. The first kappa shape index (κ1) is 20.7. The van der Waals surface area contributed by atoms with Crippen LogP contribution in [0.5, 0.6) is 11.5 Å². The summed E-state index contributed by atoms with van der Waals surface area (Å²) in [6.45, 7) is 6.27. The third-order valence-corrected chi connectivity index (χ3v) is 4.79. The van der Waals surface area contributed by atoms with Crippen molar-refractivity contribution in [3.63, 3.8) is 0 Å². The summed E-state index contributed by atoms with van der Waals surface area (Å²) in [5.41, 5.74) is 3.12. The molecule has 7 nitrogen and oxygen atoms in total. The summed E-state index contributed by atoms with van der Waals surface area (Å²) >= 11 is 0. The highest BCUT2D eigenvalue weighted by atomic mass is 16.7. The molecular formula is C22H25NO6. The summed E-state index contributed by atoms with van der Waals surface area (Å²) < 4.78 is 22.9. The Morgan fingerprint density at radius 3 is 2.72 bits per heavy atom.